The molecule has 1 rings (SSSR count). The summed E-state index contributed by atoms with van der Waals surface area (Å²) in [6.07, 6.45) is 0.568. The predicted octanol–water partition coefficient (Wildman–Crippen LogP) is 1.83. The molecule has 4 heteroatoms. The first-order valence-electron chi connectivity index (χ1n) is 4.05. The van der Waals surface area contributed by atoms with Gasteiger partial charge in [-0.25, -0.2) is 4.39 Å². The van der Waals surface area contributed by atoms with Crippen LogP contribution >= 0.6 is 11.6 Å². The fraction of sp³-hybridized carbons (Fsp3) is 0.333. The van der Waals surface area contributed by atoms with E-state index in [-0.39, 0.29) is 11.9 Å². The molecule has 0 saturated heterocycles. The van der Waals surface area contributed by atoms with Gasteiger partial charge < -0.3 is 11.5 Å². The van der Waals surface area contributed by atoms with Gasteiger partial charge in [-0.1, -0.05) is 17.7 Å². The average molecular weight is 203 g/mol. The minimum atomic E-state index is -0.367. The Balaban J connectivity index is 2.88. The van der Waals surface area contributed by atoms with Crippen molar-refractivity contribution in [2.45, 2.75) is 12.5 Å². The second-order valence-electron chi connectivity index (χ2n) is 2.85. The maximum absolute atomic E-state index is 13.2. The third-order valence-electron chi connectivity index (χ3n) is 1.84. The molecule has 0 radical (unpaired) electrons. The normalized spacial score (nSPS) is 12.9. The van der Waals surface area contributed by atoms with Gasteiger partial charge in [0.25, 0.3) is 0 Å². The van der Waals surface area contributed by atoms with Gasteiger partial charge in [0.1, 0.15) is 5.82 Å². The van der Waals surface area contributed by atoms with Crippen molar-refractivity contribution in [2.24, 2.45) is 11.5 Å². The quantitative estimate of drug-likeness (QED) is 0.786. The van der Waals surface area contributed by atoms with Crippen LogP contribution in [0.5, 0.6) is 0 Å². The second kappa shape index (κ2) is 4.56. The summed E-state index contributed by atoms with van der Waals surface area (Å²) in [7, 11) is 0. The van der Waals surface area contributed by atoms with Crippen molar-refractivity contribution in [1.82, 2.24) is 0 Å². The molecular formula is C9H12ClFN2. The molecule has 0 aliphatic carbocycles. The summed E-state index contributed by atoms with van der Waals surface area (Å²) >= 11 is 5.59. The van der Waals surface area contributed by atoms with Crippen LogP contribution in [0.15, 0.2) is 18.2 Å². The van der Waals surface area contributed by atoms with E-state index in [1.807, 2.05) is 0 Å². The molecule has 0 bridgehead atoms. The van der Waals surface area contributed by atoms with E-state index < -0.39 is 0 Å². The van der Waals surface area contributed by atoms with E-state index in [1.54, 1.807) is 12.1 Å². The lowest BCUT2D eigenvalue weighted by Crippen LogP contribution is -2.16. The van der Waals surface area contributed by atoms with Crippen LogP contribution < -0.4 is 11.5 Å². The molecule has 2 nitrogen and oxygen atoms in total. The van der Waals surface area contributed by atoms with Crippen molar-refractivity contribution in [3.63, 3.8) is 0 Å². The van der Waals surface area contributed by atoms with E-state index >= 15 is 0 Å². The maximum atomic E-state index is 13.2. The van der Waals surface area contributed by atoms with Gasteiger partial charge in [0.15, 0.2) is 0 Å². The molecule has 0 aromatic heterocycles. The zero-order chi connectivity index (χ0) is 9.84. The Hall–Kier alpha value is -0.640. The third kappa shape index (κ3) is 2.66. The van der Waals surface area contributed by atoms with Crippen molar-refractivity contribution in [2.75, 3.05) is 6.54 Å². The van der Waals surface area contributed by atoms with Crippen LogP contribution in [0.25, 0.3) is 0 Å². The first kappa shape index (κ1) is 10.4. The predicted molar refractivity (Wildman–Crippen MR) is 52.0 cm³/mol. The van der Waals surface area contributed by atoms with Crippen LogP contribution in [0.2, 0.25) is 5.02 Å². The Labute approximate surface area is 81.7 Å². The number of hydrogen-bond acceptors (Lipinski definition) is 2. The van der Waals surface area contributed by atoms with Gasteiger partial charge in [0.2, 0.25) is 0 Å². The summed E-state index contributed by atoms with van der Waals surface area (Å²) in [6, 6.07) is 4.13. The Morgan fingerprint density at radius 3 is 2.69 bits per heavy atom. The van der Waals surface area contributed by atoms with Gasteiger partial charge in [-0.05, 0) is 25.1 Å². The van der Waals surface area contributed by atoms with Crippen molar-refractivity contribution in [3.8, 4) is 0 Å². The molecule has 13 heavy (non-hydrogen) atoms. The summed E-state index contributed by atoms with van der Waals surface area (Å²) in [5.74, 6) is -0.367. The van der Waals surface area contributed by atoms with Gasteiger partial charge in [-0.2, -0.15) is 0 Å². The molecule has 0 aliphatic rings. The average Bonchev–Trinajstić information content (AvgIpc) is 2.04. The zero-order valence-corrected chi connectivity index (χ0v) is 7.89. The van der Waals surface area contributed by atoms with E-state index in [1.165, 1.54) is 6.07 Å². The third-order valence-corrected chi connectivity index (χ3v) is 2.07. The molecule has 1 aromatic rings. The van der Waals surface area contributed by atoms with E-state index in [0.717, 1.165) is 0 Å². The van der Waals surface area contributed by atoms with E-state index in [9.17, 15) is 4.39 Å². The summed E-state index contributed by atoms with van der Waals surface area (Å²) in [4.78, 5) is 0. The highest BCUT2D eigenvalue weighted by Gasteiger charge is 2.10. The van der Waals surface area contributed by atoms with Gasteiger partial charge in [-0.15, -0.1) is 0 Å². The molecule has 72 valence electrons. The zero-order valence-electron chi connectivity index (χ0n) is 7.13. The molecule has 0 saturated carbocycles. The highest BCUT2D eigenvalue weighted by molar-refractivity contribution is 6.30. The van der Waals surface area contributed by atoms with Gasteiger partial charge in [0, 0.05) is 16.6 Å². The Morgan fingerprint density at radius 2 is 2.15 bits per heavy atom. The van der Waals surface area contributed by atoms with Crippen molar-refractivity contribution in [1.29, 1.82) is 0 Å². The summed E-state index contributed by atoms with van der Waals surface area (Å²) < 4.78 is 13.2. The highest BCUT2D eigenvalue weighted by atomic mass is 35.5. The Bertz CT molecular complexity index is 291. The number of nitrogens with two attached hydrogens (primary N) is 2. The number of halogens is 2. The molecule has 0 amide bonds. The lowest BCUT2D eigenvalue weighted by atomic mass is 10.0. The van der Waals surface area contributed by atoms with Crippen LogP contribution in [0.4, 0.5) is 4.39 Å². The fourth-order valence-corrected chi connectivity index (χ4v) is 1.30. The molecule has 0 spiro atoms. The minimum absolute atomic E-state index is 0.345. The number of benzene rings is 1. The summed E-state index contributed by atoms with van der Waals surface area (Å²) in [5.41, 5.74) is 11.5. The molecule has 0 fully saturated rings. The van der Waals surface area contributed by atoms with Gasteiger partial charge >= 0.3 is 0 Å². The van der Waals surface area contributed by atoms with Crippen LogP contribution in [-0.2, 0) is 0 Å². The standard InChI is InChI=1S/C9H12ClFN2/c10-6-1-2-7(8(11)5-6)9(13)3-4-12/h1-2,5,9H,3-4,12-13H2/t9-/m1/s1. The first-order chi connectivity index (χ1) is 6.15. The highest BCUT2D eigenvalue weighted by Crippen LogP contribution is 2.20. The topological polar surface area (TPSA) is 52.0 Å². The molecule has 0 unspecified atom stereocenters. The van der Waals surface area contributed by atoms with Crippen molar-refractivity contribution >= 4 is 11.6 Å². The van der Waals surface area contributed by atoms with E-state index in [2.05, 4.69) is 0 Å². The fourth-order valence-electron chi connectivity index (χ4n) is 1.14. The molecule has 1 aromatic carbocycles. The summed E-state index contributed by atoms with van der Waals surface area (Å²) in [6.45, 7) is 0.448. The summed E-state index contributed by atoms with van der Waals surface area (Å²) in [5, 5.41) is 0.376. The van der Waals surface area contributed by atoms with Crippen molar-refractivity contribution < 1.29 is 4.39 Å². The van der Waals surface area contributed by atoms with Gasteiger partial charge in [-0.3, -0.25) is 0 Å². The van der Waals surface area contributed by atoms with E-state index in [4.69, 9.17) is 23.1 Å². The van der Waals surface area contributed by atoms with Crippen LogP contribution in [-0.4, -0.2) is 6.54 Å². The Kier molecular flexibility index (Phi) is 3.66. The van der Waals surface area contributed by atoms with Crippen LogP contribution in [0, 0.1) is 5.82 Å². The smallest absolute Gasteiger partial charge is 0.129 e. The lowest BCUT2D eigenvalue weighted by molar-refractivity contribution is 0.567. The monoisotopic (exact) mass is 202 g/mol. The molecule has 0 aliphatic heterocycles. The SMILES string of the molecule is NCC[C@@H](N)c1ccc(Cl)cc1F. The van der Waals surface area contributed by atoms with Crippen LogP contribution in [0.3, 0.4) is 0 Å². The Morgan fingerprint density at radius 1 is 1.46 bits per heavy atom. The van der Waals surface area contributed by atoms with Crippen molar-refractivity contribution in [3.05, 3.63) is 34.6 Å². The largest absolute Gasteiger partial charge is 0.330 e. The molecular weight excluding hydrogens is 191 g/mol. The van der Waals surface area contributed by atoms with E-state index in [0.29, 0.717) is 23.6 Å². The van der Waals surface area contributed by atoms with Gasteiger partial charge in [0.05, 0.1) is 0 Å². The molecule has 4 N–H and O–H groups in total. The first-order valence-corrected chi connectivity index (χ1v) is 4.43. The van der Waals surface area contributed by atoms with Crippen LogP contribution in [0.1, 0.15) is 18.0 Å². The number of hydrogen-bond donors (Lipinski definition) is 2. The lowest BCUT2D eigenvalue weighted by Gasteiger charge is -2.11. The minimum Gasteiger partial charge on any atom is -0.330 e. The number of rotatable bonds is 3. The molecule has 0 heterocycles. The molecule has 1 atom stereocenters. The second-order valence-corrected chi connectivity index (χ2v) is 3.29. The maximum Gasteiger partial charge on any atom is 0.129 e.